The van der Waals surface area contributed by atoms with E-state index in [2.05, 4.69) is 24.4 Å². The summed E-state index contributed by atoms with van der Waals surface area (Å²) in [6.45, 7) is 2.06. The molecule has 1 aromatic carbocycles. The average Bonchev–Trinajstić information content (AvgIpc) is 3.18. The first-order chi connectivity index (χ1) is 11.6. The average molecular weight is 377 g/mol. The second-order valence-electron chi connectivity index (χ2n) is 4.92. The molecule has 0 aliphatic rings. The van der Waals surface area contributed by atoms with E-state index in [1.807, 2.05) is 30.5 Å². The van der Waals surface area contributed by atoms with Gasteiger partial charge in [-0.25, -0.2) is 9.78 Å². The van der Waals surface area contributed by atoms with Crippen molar-refractivity contribution in [1.82, 2.24) is 4.98 Å². The Balaban J connectivity index is 1.90. The lowest BCUT2D eigenvalue weighted by atomic mass is 10.1. The van der Waals surface area contributed by atoms with Crippen LogP contribution in [0.5, 0.6) is 0 Å². The molecule has 24 heavy (non-hydrogen) atoms. The molecule has 0 aliphatic carbocycles. The van der Waals surface area contributed by atoms with Crippen molar-refractivity contribution in [2.24, 2.45) is 0 Å². The smallest absolute Gasteiger partial charge is 0.348 e. The summed E-state index contributed by atoms with van der Waals surface area (Å²) in [5, 5.41) is 4.16. The number of thiophene rings is 1. The number of anilines is 2. The standard InChI is InChI=1S/C17H16N2O2S3/c1-10-14(11-7-5-4-6-8-11)19-17(23-10)18-12-9-13(15(20)21-2)24-16(12)22-3/h4-9H,1-3H3,(H,18,19). The molecule has 0 amide bonds. The van der Waals surface area contributed by atoms with Crippen molar-refractivity contribution in [3.05, 3.63) is 46.2 Å². The van der Waals surface area contributed by atoms with Gasteiger partial charge in [-0.15, -0.1) is 34.4 Å². The Morgan fingerprint density at radius 3 is 2.67 bits per heavy atom. The fourth-order valence-electron chi connectivity index (χ4n) is 2.24. The highest BCUT2D eigenvalue weighted by atomic mass is 32.2. The van der Waals surface area contributed by atoms with Gasteiger partial charge in [0.15, 0.2) is 5.13 Å². The largest absolute Gasteiger partial charge is 0.465 e. The van der Waals surface area contributed by atoms with Crippen LogP contribution < -0.4 is 5.32 Å². The molecular formula is C17H16N2O2S3. The van der Waals surface area contributed by atoms with Gasteiger partial charge in [-0.3, -0.25) is 0 Å². The number of aromatic nitrogens is 1. The molecule has 0 saturated carbocycles. The van der Waals surface area contributed by atoms with Crippen LogP contribution in [0.15, 0.2) is 40.6 Å². The number of methoxy groups -OCH3 is 1. The highest BCUT2D eigenvalue weighted by Crippen LogP contribution is 2.39. The normalized spacial score (nSPS) is 10.6. The third-order valence-electron chi connectivity index (χ3n) is 3.36. The van der Waals surface area contributed by atoms with E-state index in [4.69, 9.17) is 9.72 Å². The zero-order chi connectivity index (χ0) is 17.1. The Hall–Kier alpha value is -1.83. The van der Waals surface area contributed by atoms with Crippen LogP contribution in [-0.4, -0.2) is 24.3 Å². The van der Waals surface area contributed by atoms with Gasteiger partial charge in [0.25, 0.3) is 0 Å². The van der Waals surface area contributed by atoms with Crippen LogP contribution in [0.4, 0.5) is 10.8 Å². The predicted molar refractivity (Wildman–Crippen MR) is 103 cm³/mol. The number of carbonyl (C=O) groups is 1. The van der Waals surface area contributed by atoms with Gasteiger partial charge in [-0.1, -0.05) is 30.3 Å². The van der Waals surface area contributed by atoms with Crippen molar-refractivity contribution in [3.63, 3.8) is 0 Å². The predicted octanol–water partition coefficient (Wildman–Crippen LogP) is 5.43. The second kappa shape index (κ2) is 7.38. The monoisotopic (exact) mass is 376 g/mol. The van der Waals surface area contributed by atoms with E-state index in [0.29, 0.717) is 4.88 Å². The van der Waals surface area contributed by atoms with E-state index < -0.39 is 0 Å². The third kappa shape index (κ3) is 3.48. The molecule has 0 radical (unpaired) electrons. The Morgan fingerprint density at radius 2 is 2.00 bits per heavy atom. The van der Waals surface area contributed by atoms with Gasteiger partial charge in [0.1, 0.15) is 4.88 Å². The van der Waals surface area contributed by atoms with Crippen molar-refractivity contribution in [2.75, 3.05) is 18.7 Å². The van der Waals surface area contributed by atoms with E-state index in [-0.39, 0.29) is 5.97 Å². The van der Waals surface area contributed by atoms with E-state index in [1.165, 1.54) is 18.4 Å². The molecule has 0 saturated heterocycles. The van der Waals surface area contributed by atoms with Crippen LogP contribution in [0.25, 0.3) is 11.3 Å². The number of aryl methyl sites for hydroxylation is 1. The van der Waals surface area contributed by atoms with Crippen LogP contribution in [0.2, 0.25) is 0 Å². The van der Waals surface area contributed by atoms with Gasteiger partial charge < -0.3 is 10.1 Å². The number of thiazole rings is 1. The molecule has 0 unspecified atom stereocenters. The number of rotatable bonds is 5. The Morgan fingerprint density at radius 1 is 1.25 bits per heavy atom. The highest BCUT2D eigenvalue weighted by Gasteiger charge is 2.17. The number of nitrogens with zero attached hydrogens (tertiary/aromatic N) is 1. The number of esters is 1. The van der Waals surface area contributed by atoms with Crippen molar-refractivity contribution in [1.29, 1.82) is 0 Å². The van der Waals surface area contributed by atoms with Gasteiger partial charge in [0.05, 0.1) is 22.7 Å². The SMILES string of the molecule is COC(=O)c1cc(Nc2nc(-c3ccccc3)c(C)s2)c(SC)s1. The van der Waals surface area contributed by atoms with Crippen LogP contribution in [0.1, 0.15) is 14.5 Å². The van der Waals surface area contributed by atoms with Crippen molar-refractivity contribution in [2.45, 2.75) is 11.1 Å². The molecule has 0 atom stereocenters. The molecule has 3 aromatic rings. The Labute approximate surface area is 152 Å². The van der Waals surface area contributed by atoms with E-state index >= 15 is 0 Å². The van der Waals surface area contributed by atoms with Crippen LogP contribution in [0.3, 0.4) is 0 Å². The molecule has 1 N–H and O–H groups in total. The molecule has 0 bridgehead atoms. The minimum atomic E-state index is -0.316. The van der Waals surface area contributed by atoms with Crippen LogP contribution >= 0.6 is 34.4 Å². The van der Waals surface area contributed by atoms with Gasteiger partial charge in [-0.05, 0) is 19.2 Å². The maximum absolute atomic E-state index is 11.7. The lowest BCUT2D eigenvalue weighted by molar-refractivity contribution is 0.0606. The summed E-state index contributed by atoms with van der Waals surface area (Å²) in [7, 11) is 1.39. The van der Waals surface area contributed by atoms with E-state index in [1.54, 1.807) is 23.1 Å². The quantitative estimate of drug-likeness (QED) is 0.475. The first kappa shape index (κ1) is 17.0. The lowest BCUT2D eigenvalue weighted by Gasteiger charge is -2.01. The molecule has 4 nitrogen and oxygen atoms in total. The van der Waals surface area contributed by atoms with E-state index in [0.717, 1.165) is 31.2 Å². The summed E-state index contributed by atoms with van der Waals surface area (Å²) >= 11 is 4.62. The molecule has 7 heteroatoms. The summed E-state index contributed by atoms with van der Waals surface area (Å²) < 4.78 is 5.83. The second-order valence-corrected chi connectivity index (χ2v) is 8.25. The summed E-state index contributed by atoms with van der Waals surface area (Å²) in [5.41, 5.74) is 2.98. The molecule has 3 rings (SSSR count). The summed E-state index contributed by atoms with van der Waals surface area (Å²) in [6.07, 6.45) is 1.99. The molecular weight excluding hydrogens is 360 g/mol. The molecule has 124 valence electrons. The molecule has 2 aromatic heterocycles. The van der Waals surface area contributed by atoms with Crippen molar-refractivity contribution < 1.29 is 9.53 Å². The molecule has 0 spiro atoms. The van der Waals surface area contributed by atoms with Crippen LogP contribution in [-0.2, 0) is 4.74 Å². The zero-order valence-corrected chi connectivity index (χ0v) is 15.9. The molecule has 2 heterocycles. The van der Waals surface area contributed by atoms with Gasteiger partial charge in [-0.2, -0.15) is 0 Å². The highest BCUT2D eigenvalue weighted by molar-refractivity contribution is 8.00. The van der Waals surface area contributed by atoms with Gasteiger partial charge in [0.2, 0.25) is 0 Å². The summed E-state index contributed by atoms with van der Waals surface area (Å²) in [6, 6.07) is 11.9. The van der Waals surface area contributed by atoms with E-state index in [9.17, 15) is 4.79 Å². The Bertz CT molecular complexity index is 856. The van der Waals surface area contributed by atoms with Crippen molar-refractivity contribution in [3.8, 4) is 11.3 Å². The van der Waals surface area contributed by atoms with Crippen molar-refractivity contribution >= 4 is 51.2 Å². The molecule has 0 fully saturated rings. The van der Waals surface area contributed by atoms with Gasteiger partial charge >= 0.3 is 5.97 Å². The minimum absolute atomic E-state index is 0.316. The topological polar surface area (TPSA) is 51.2 Å². The summed E-state index contributed by atoms with van der Waals surface area (Å²) in [5.74, 6) is -0.316. The number of carbonyl (C=O) groups excluding carboxylic acids is 1. The van der Waals surface area contributed by atoms with Crippen LogP contribution in [0, 0.1) is 6.92 Å². The number of benzene rings is 1. The maximum atomic E-state index is 11.7. The zero-order valence-electron chi connectivity index (χ0n) is 13.5. The Kier molecular flexibility index (Phi) is 5.23. The first-order valence-electron chi connectivity index (χ1n) is 7.18. The fourth-order valence-corrected chi connectivity index (χ4v) is 4.79. The first-order valence-corrected chi connectivity index (χ1v) is 10.0. The number of thioether (sulfide) groups is 1. The molecule has 0 aliphatic heterocycles. The number of ether oxygens (including phenoxy) is 1. The van der Waals surface area contributed by atoms with Gasteiger partial charge in [0, 0.05) is 10.4 Å². The number of hydrogen-bond donors (Lipinski definition) is 1. The third-order valence-corrected chi connectivity index (χ3v) is 6.49. The maximum Gasteiger partial charge on any atom is 0.348 e. The number of nitrogens with one attached hydrogen (secondary N) is 1. The number of hydrogen-bond acceptors (Lipinski definition) is 7. The minimum Gasteiger partial charge on any atom is -0.465 e. The lowest BCUT2D eigenvalue weighted by Crippen LogP contribution is -1.97. The fraction of sp³-hybridized carbons (Fsp3) is 0.176. The summed E-state index contributed by atoms with van der Waals surface area (Å²) in [4.78, 5) is 18.2.